The van der Waals surface area contributed by atoms with Crippen LogP contribution in [0.5, 0.6) is 0 Å². The molecule has 2 aliphatic rings. The number of carbonyl (C=O) groups excluding carboxylic acids is 1. The molecular weight excluding hydrogens is 316 g/mol. The molecule has 1 saturated carbocycles. The van der Waals surface area contributed by atoms with Crippen molar-refractivity contribution >= 4 is 34.5 Å². The molecule has 1 amide bonds. The number of nitrogens with zero attached hydrogens (tertiary/aromatic N) is 5. The number of carbonyl (C=O) groups is 1. The van der Waals surface area contributed by atoms with E-state index in [4.69, 9.17) is 11.6 Å². The van der Waals surface area contributed by atoms with Crippen molar-refractivity contribution in [3.8, 4) is 0 Å². The molecule has 1 aliphatic carbocycles. The molecule has 1 atom stereocenters. The Morgan fingerprint density at radius 1 is 1.39 bits per heavy atom. The number of rotatable bonds is 4. The van der Waals surface area contributed by atoms with Crippen molar-refractivity contribution in [3.63, 3.8) is 0 Å². The number of amides is 1. The molecule has 0 aromatic carbocycles. The van der Waals surface area contributed by atoms with Gasteiger partial charge in [-0.2, -0.15) is 0 Å². The predicted molar refractivity (Wildman–Crippen MR) is 87.3 cm³/mol. The molecule has 1 saturated heterocycles. The van der Waals surface area contributed by atoms with Crippen LogP contribution in [-0.2, 0) is 11.3 Å². The molecule has 23 heavy (non-hydrogen) atoms. The second-order valence-corrected chi connectivity index (χ2v) is 6.55. The summed E-state index contributed by atoms with van der Waals surface area (Å²) in [6.07, 6.45) is 4.54. The topological polar surface area (TPSA) is 75.9 Å². The zero-order valence-corrected chi connectivity index (χ0v) is 13.8. The summed E-state index contributed by atoms with van der Waals surface area (Å²) in [5.74, 6) is 1.27. The largest absolute Gasteiger partial charge is 0.364 e. The van der Waals surface area contributed by atoms with Crippen molar-refractivity contribution in [2.45, 2.75) is 38.8 Å². The zero-order chi connectivity index (χ0) is 16.0. The summed E-state index contributed by atoms with van der Waals surface area (Å²) in [4.78, 5) is 27.1. The van der Waals surface area contributed by atoms with E-state index in [-0.39, 0.29) is 12.0 Å². The van der Waals surface area contributed by atoms with Gasteiger partial charge < -0.3 is 10.2 Å². The molecule has 2 aromatic rings. The first-order chi connectivity index (χ1) is 11.2. The van der Waals surface area contributed by atoms with Crippen LogP contribution in [-0.4, -0.2) is 49.5 Å². The van der Waals surface area contributed by atoms with Crippen LogP contribution in [0.25, 0.3) is 11.2 Å². The van der Waals surface area contributed by atoms with E-state index in [0.717, 1.165) is 38.0 Å². The number of nitrogens with one attached hydrogen (secondary N) is 1. The minimum absolute atomic E-state index is 0.196. The quantitative estimate of drug-likeness (QED) is 0.864. The fourth-order valence-corrected chi connectivity index (χ4v) is 3.44. The van der Waals surface area contributed by atoms with Gasteiger partial charge in [0, 0.05) is 31.6 Å². The fourth-order valence-electron chi connectivity index (χ4n) is 3.16. The van der Waals surface area contributed by atoms with Crippen LogP contribution in [0.1, 0.15) is 26.2 Å². The summed E-state index contributed by atoms with van der Waals surface area (Å²) < 4.78 is 1.85. The lowest BCUT2D eigenvalue weighted by Crippen LogP contribution is -2.32. The maximum Gasteiger partial charge on any atom is 0.225 e. The van der Waals surface area contributed by atoms with E-state index in [1.54, 1.807) is 0 Å². The first-order valence-electron chi connectivity index (χ1n) is 8.09. The van der Waals surface area contributed by atoms with Crippen LogP contribution in [0.2, 0.25) is 5.28 Å². The normalized spacial score (nSPS) is 21.1. The van der Waals surface area contributed by atoms with Crippen molar-refractivity contribution < 1.29 is 4.79 Å². The molecule has 122 valence electrons. The maximum atomic E-state index is 12.1. The number of fused-ring (bicyclic) bond motifs is 1. The number of hydrogen-bond donors (Lipinski definition) is 1. The van der Waals surface area contributed by atoms with Gasteiger partial charge in [-0.15, -0.1) is 0 Å². The SMILES string of the molecule is CCn1c(Cl)nc2c(NC3CCN(C(=O)C4CC4)C3)ncnc21. The molecule has 2 aromatic heterocycles. The Balaban J connectivity index is 1.53. The lowest BCUT2D eigenvalue weighted by atomic mass is 10.2. The van der Waals surface area contributed by atoms with Crippen molar-refractivity contribution in [2.75, 3.05) is 18.4 Å². The molecule has 1 unspecified atom stereocenters. The van der Waals surface area contributed by atoms with Crippen molar-refractivity contribution in [2.24, 2.45) is 5.92 Å². The van der Waals surface area contributed by atoms with E-state index >= 15 is 0 Å². The molecule has 0 spiro atoms. The van der Waals surface area contributed by atoms with E-state index < -0.39 is 0 Å². The molecule has 4 rings (SSSR count). The van der Waals surface area contributed by atoms with Gasteiger partial charge >= 0.3 is 0 Å². The van der Waals surface area contributed by atoms with E-state index in [2.05, 4.69) is 20.3 Å². The first-order valence-corrected chi connectivity index (χ1v) is 8.47. The van der Waals surface area contributed by atoms with Gasteiger partial charge in [0.05, 0.1) is 0 Å². The Morgan fingerprint density at radius 2 is 2.22 bits per heavy atom. The molecule has 2 fully saturated rings. The Morgan fingerprint density at radius 3 is 2.96 bits per heavy atom. The number of hydrogen-bond acceptors (Lipinski definition) is 5. The van der Waals surface area contributed by atoms with Gasteiger partial charge in [-0.1, -0.05) is 0 Å². The molecular formula is C15H19ClN6O. The second-order valence-electron chi connectivity index (χ2n) is 6.21. The second kappa shape index (κ2) is 5.63. The number of likely N-dealkylation sites (tertiary alicyclic amines) is 1. The van der Waals surface area contributed by atoms with Crippen LogP contribution < -0.4 is 5.32 Å². The molecule has 7 nitrogen and oxygen atoms in total. The summed E-state index contributed by atoms with van der Waals surface area (Å²) in [6, 6.07) is 0.196. The monoisotopic (exact) mass is 334 g/mol. The lowest BCUT2D eigenvalue weighted by molar-refractivity contribution is -0.131. The smallest absolute Gasteiger partial charge is 0.225 e. The highest BCUT2D eigenvalue weighted by Gasteiger charge is 2.36. The van der Waals surface area contributed by atoms with Gasteiger partial charge in [-0.3, -0.25) is 9.36 Å². The summed E-state index contributed by atoms with van der Waals surface area (Å²) >= 11 is 6.17. The Hall–Kier alpha value is -1.89. The summed E-state index contributed by atoms with van der Waals surface area (Å²) in [5.41, 5.74) is 1.42. The van der Waals surface area contributed by atoms with Crippen LogP contribution >= 0.6 is 11.6 Å². The highest BCUT2D eigenvalue weighted by molar-refractivity contribution is 6.29. The highest BCUT2D eigenvalue weighted by Crippen LogP contribution is 2.32. The van der Waals surface area contributed by atoms with E-state index in [1.165, 1.54) is 6.33 Å². The van der Waals surface area contributed by atoms with Crippen molar-refractivity contribution in [1.82, 2.24) is 24.4 Å². The van der Waals surface area contributed by atoms with Gasteiger partial charge in [0.2, 0.25) is 11.2 Å². The van der Waals surface area contributed by atoms with Crippen LogP contribution in [0.4, 0.5) is 5.82 Å². The Kier molecular flexibility index (Phi) is 3.60. The van der Waals surface area contributed by atoms with Crippen molar-refractivity contribution in [1.29, 1.82) is 0 Å². The highest BCUT2D eigenvalue weighted by atomic mass is 35.5. The van der Waals surface area contributed by atoms with Crippen LogP contribution in [0, 0.1) is 5.92 Å². The predicted octanol–water partition coefficient (Wildman–Crippen LogP) is 1.92. The summed E-state index contributed by atoms with van der Waals surface area (Å²) in [6.45, 7) is 4.24. The zero-order valence-electron chi connectivity index (χ0n) is 13.0. The van der Waals surface area contributed by atoms with Crippen LogP contribution in [0.3, 0.4) is 0 Å². The van der Waals surface area contributed by atoms with Gasteiger partial charge in [-0.05, 0) is 37.8 Å². The third-order valence-electron chi connectivity index (χ3n) is 4.57. The maximum absolute atomic E-state index is 12.1. The average Bonchev–Trinajstić information content (AvgIpc) is 3.20. The van der Waals surface area contributed by atoms with Gasteiger partial charge in [-0.25, -0.2) is 15.0 Å². The molecule has 8 heteroatoms. The van der Waals surface area contributed by atoms with E-state index in [0.29, 0.717) is 29.1 Å². The lowest BCUT2D eigenvalue weighted by Gasteiger charge is -2.17. The fraction of sp³-hybridized carbons (Fsp3) is 0.600. The number of halogens is 1. The molecule has 1 N–H and O–H groups in total. The standard InChI is InChI=1S/C15H19ClN6O/c1-2-22-13-11(20-15(22)16)12(17-8-18-13)19-10-5-6-21(7-10)14(23)9-3-4-9/h8-10H,2-7H2,1H3,(H,17,18,19). The minimum Gasteiger partial charge on any atom is -0.364 e. The van der Waals surface area contributed by atoms with Gasteiger partial charge in [0.1, 0.15) is 6.33 Å². The number of aromatic nitrogens is 4. The molecule has 0 bridgehead atoms. The van der Waals surface area contributed by atoms with Crippen LogP contribution in [0.15, 0.2) is 6.33 Å². The van der Waals surface area contributed by atoms with Gasteiger partial charge in [0.25, 0.3) is 0 Å². The summed E-state index contributed by atoms with van der Waals surface area (Å²) in [5, 5.41) is 3.83. The third kappa shape index (κ3) is 2.63. The van der Waals surface area contributed by atoms with E-state index in [1.807, 2.05) is 16.4 Å². The third-order valence-corrected chi connectivity index (χ3v) is 4.86. The minimum atomic E-state index is 0.196. The number of imidazole rings is 1. The Labute approximate surface area is 139 Å². The molecule has 3 heterocycles. The van der Waals surface area contributed by atoms with E-state index in [9.17, 15) is 4.79 Å². The average molecular weight is 335 g/mol. The molecule has 1 aliphatic heterocycles. The number of aryl methyl sites for hydroxylation is 1. The summed E-state index contributed by atoms with van der Waals surface area (Å²) in [7, 11) is 0. The molecule has 0 radical (unpaired) electrons. The number of anilines is 1. The Bertz CT molecular complexity index is 756. The van der Waals surface area contributed by atoms with Gasteiger partial charge in [0.15, 0.2) is 17.0 Å². The van der Waals surface area contributed by atoms with Crippen molar-refractivity contribution in [3.05, 3.63) is 11.6 Å². The first kappa shape index (κ1) is 14.7.